The standard InChI is InChI=1S/C19H17N3O3/c23-18(14-11-20-19(24)21-14)22-17(12-6-2-1-3-7-12)16-10-13-8-4-5-9-15(13)25-16/h1-10,14,17H,11H2,(H,22,23)(H2,20,21,24)/t14-,17+/m0/s1. The predicted molar refractivity (Wildman–Crippen MR) is 93.0 cm³/mol. The summed E-state index contributed by atoms with van der Waals surface area (Å²) in [5.41, 5.74) is 1.68. The number of hydrogen-bond acceptors (Lipinski definition) is 3. The molecular formula is C19H17N3O3. The van der Waals surface area contributed by atoms with Gasteiger partial charge in [-0.2, -0.15) is 0 Å². The van der Waals surface area contributed by atoms with E-state index in [1.807, 2.05) is 60.7 Å². The van der Waals surface area contributed by atoms with Gasteiger partial charge in [-0.1, -0.05) is 48.5 Å². The summed E-state index contributed by atoms with van der Waals surface area (Å²) in [6.45, 7) is 0.270. The second kappa shape index (κ2) is 6.32. The maximum Gasteiger partial charge on any atom is 0.315 e. The Kier molecular flexibility index (Phi) is 3.85. The number of rotatable bonds is 4. The van der Waals surface area contributed by atoms with Gasteiger partial charge in [-0.3, -0.25) is 4.79 Å². The molecule has 2 aromatic carbocycles. The van der Waals surface area contributed by atoms with Gasteiger partial charge >= 0.3 is 6.03 Å². The molecule has 3 aromatic rings. The summed E-state index contributed by atoms with van der Waals surface area (Å²) >= 11 is 0. The minimum Gasteiger partial charge on any atom is -0.459 e. The molecule has 1 fully saturated rings. The zero-order valence-electron chi connectivity index (χ0n) is 13.4. The zero-order chi connectivity index (χ0) is 17.2. The first kappa shape index (κ1) is 15.3. The molecule has 0 aliphatic carbocycles. The van der Waals surface area contributed by atoms with E-state index in [4.69, 9.17) is 4.42 Å². The summed E-state index contributed by atoms with van der Waals surface area (Å²) in [6.07, 6.45) is 0. The Morgan fingerprint density at radius 1 is 1.12 bits per heavy atom. The normalized spacial score (nSPS) is 17.8. The van der Waals surface area contributed by atoms with Gasteiger partial charge in [-0.25, -0.2) is 4.79 Å². The fourth-order valence-electron chi connectivity index (χ4n) is 2.97. The van der Waals surface area contributed by atoms with E-state index in [0.717, 1.165) is 16.5 Å². The molecule has 1 aliphatic rings. The predicted octanol–water partition coefficient (Wildman–Crippen LogP) is 2.32. The molecule has 0 unspecified atom stereocenters. The topological polar surface area (TPSA) is 83.4 Å². The highest BCUT2D eigenvalue weighted by Gasteiger charge is 2.30. The number of carbonyl (C=O) groups is 2. The summed E-state index contributed by atoms with van der Waals surface area (Å²) in [6, 6.07) is 17.9. The number of urea groups is 1. The van der Waals surface area contributed by atoms with Gasteiger partial charge in [0.15, 0.2) is 0 Å². The molecule has 0 radical (unpaired) electrons. The molecule has 6 heteroatoms. The fourth-order valence-corrected chi connectivity index (χ4v) is 2.97. The van der Waals surface area contributed by atoms with Crippen LogP contribution >= 0.6 is 0 Å². The van der Waals surface area contributed by atoms with E-state index >= 15 is 0 Å². The van der Waals surface area contributed by atoms with Crippen LogP contribution in [0.4, 0.5) is 4.79 Å². The molecule has 0 spiro atoms. The molecular weight excluding hydrogens is 318 g/mol. The first-order valence-corrected chi connectivity index (χ1v) is 8.09. The SMILES string of the molecule is O=C1NC[C@@H](C(=O)N[C@H](c2ccccc2)c2cc3ccccc3o2)N1. The average molecular weight is 335 g/mol. The van der Waals surface area contributed by atoms with Crippen molar-refractivity contribution in [1.82, 2.24) is 16.0 Å². The lowest BCUT2D eigenvalue weighted by atomic mass is 10.0. The summed E-state index contributed by atoms with van der Waals surface area (Å²) < 4.78 is 5.95. The fraction of sp³-hybridized carbons (Fsp3) is 0.158. The highest BCUT2D eigenvalue weighted by molar-refractivity contribution is 5.90. The maximum atomic E-state index is 12.6. The first-order chi connectivity index (χ1) is 12.2. The van der Waals surface area contributed by atoms with E-state index in [2.05, 4.69) is 16.0 Å². The monoisotopic (exact) mass is 335 g/mol. The molecule has 4 rings (SSSR count). The lowest BCUT2D eigenvalue weighted by Crippen LogP contribution is -2.44. The highest BCUT2D eigenvalue weighted by Crippen LogP contribution is 2.28. The average Bonchev–Trinajstić information content (AvgIpc) is 3.26. The molecule has 3 N–H and O–H groups in total. The summed E-state index contributed by atoms with van der Waals surface area (Å²) in [5, 5.41) is 9.15. The van der Waals surface area contributed by atoms with Gasteiger partial charge in [0, 0.05) is 11.9 Å². The Morgan fingerprint density at radius 2 is 1.88 bits per heavy atom. The quantitative estimate of drug-likeness (QED) is 0.684. The third-order valence-corrected chi connectivity index (χ3v) is 4.24. The second-order valence-corrected chi connectivity index (χ2v) is 5.95. The van der Waals surface area contributed by atoms with Gasteiger partial charge < -0.3 is 20.4 Å². The maximum absolute atomic E-state index is 12.6. The van der Waals surface area contributed by atoms with Crippen molar-refractivity contribution < 1.29 is 14.0 Å². The largest absolute Gasteiger partial charge is 0.459 e. The van der Waals surface area contributed by atoms with Crippen LogP contribution in [0, 0.1) is 0 Å². The first-order valence-electron chi connectivity index (χ1n) is 8.09. The van der Waals surface area contributed by atoms with E-state index in [0.29, 0.717) is 5.76 Å². The van der Waals surface area contributed by atoms with Crippen molar-refractivity contribution in [1.29, 1.82) is 0 Å². The molecule has 1 saturated heterocycles. The molecule has 1 aliphatic heterocycles. The molecule has 126 valence electrons. The van der Waals surface area contributed by atoms with E-state index in [-0.39, 0.29) is 18.5 Å². The van der Waals surface area contributed by atoms with Crippen molar-refractivity contribution in [2.75, 3.05) is 6.54 Å². The van der Waals surface area contributed by atoms with Gasteiger partial charge in [0.2, 0.25) is 5.91 Å². The lowest BCUT2D eigenvalue weighted by Gasteiger charge is -2.19. The molecule has 0 saturated carbocycles. The van der Waals surface area contributed by atoms with Crippen LogP contribution in [0.3, 0.4) is 0 Å². The van der Waals surface area contributed by atoms with Crippen LogP contribution < -0.4 is 16.0 Å². The van der Waals surface area contributed by atoms with Crippen molar-refractivity contribution in [3.8, 4) is 0 Å². The van der Waals surface area contributed by atoms with Crippen LogP contribution in [0.2, 0.25) is 0 Å². The van der Waals surface area contributed by atoms with Crippen LogP contribution in [-0.2, 0) is 4.79 Å². The zero-order valence-corrected chi connectivity index (χ0v) is 13.4. The van der Waals surface area contributed by atoms with Gasteiger partial charge in [-0.15, -0.1) is 0 Å². The van der Waals surface area contributed by atoms with Gasteiger partial charge in [0.25, 0.3) is 0 Å². The molecule has 3 amide bonds. The summed E-state index contributed by atoms with van der Waals surface area (Å²) in [5.74, 6) is 0.394. The second-order valence-electron chi connectivity index (χ2n) is 5.95. The van der Waals surface area contributed by atoms with E-state index < -0.39 is 12.1 Å². The Balaban J connectivity index is 1.67. The van der Waals surface area contributed by atoms with E-state index in [1.165, 1.54) is 0 Å². The van der Waals surface area contributed by atoms with Crippen molar-refractivity contribution in [2.24, 2.45) is 0 Å². The Hall–Kier alpha value is -3.28. The number of carbonyl (C=O) groups excluding carboxylic acids is 2. The molecule has 6 nitrogen and oxygen atoms in total. The molecule has 1 aromatic heterocycles. The minimum atomic E-state index is -0.594. The van der Waals surface area contributed by atoms with Crippen LogP contribution in [0.5, 0.6) is 0 Å². The number of para-hydroxylation sites is 1. The number of amides is 3. The molecule has 0 bridgehead atoms. The minimum absolute atomic E-state index is 0.257. The molecule has 2 heterocycles. The number of furan rings is 1. The van der Waals surface area contributed by atoms with Crippen LogP contribution in [0.25, 0.3) is 11.0 Å². The van der Waals surface area contributed by atoms with Crippen molar-refractivity contribution in [2.45, 2.75) is 12.1 Å². The highest BCUT2D eigenvalue weighted by atomic mass is 16.3. The Bertz CT molecular complexity index is 887. The van der Waals surface area contributed by atoms with Crippen molar-refractivity contribution in [3.63, 3.8) is 0 Å². The van der Waals surface area contributed by atoms with Crippen LogP contribution in [-0.4, -0.2) is 24.5 Å². The van der Waals surface area contributed by atoms with Crippen molar-refractivity contribution >= 4 is 22.9 Å². The van der Waals surface area contributed by atoms with Gasteiger partial charge in [-0.05, 0) is 17.7 Å². The lowest BCUT2D eigenvalue weighted by molar-refractivity contribution is -0.123. The number of fused-ring (bicyclic) bond motifs is 1. The Morgan fingerprint density at radius 3 is 2.60 bits per heavy atom. The summed E-state index contributed by atoms with van der Waals surface area (Å²) in [4.78, 5) is 23.8. The molecule has 2 atom stereocenters. The third kappa shape index (κ3) is 3.06. The smallest absolute Gasteiger partial charge is 0.315 e. The number of nitrogens with one attached hydrogen (secondary N) is 3. The van der Waals surface area contributed by atoms with Gasteiger partial charge in [0.1, 0.15) is 23.4 Å². The van der Waals surface area contributed by atoms with E-state index in [9.17, 15) is 9.59 Å². The number of benzene rings is 2. The molecule has 25 heavy (non-hydrogen) atoms. The van der Waals surface area contributed by atoms with Crippen LogP contribution in [0.1, 0.15) is 17.4 Å². The van der Waals surface area contributed by atoms with E-state index in [1.54, 1.807) is 0 Å². The third-order valence-electron chi connectivity index (χ3n) is 4.24. The summed E-state index contributed by atoms with van der Waals surface area (Å²) in [7, 11) is 0. The number of hydrogen-bond donors (Lipinski definition) is 3. The van der Waals surface area contributed by atoms with Gasteiger partial charge in [0.05, 0.1) is 0 Å². The Labute approximate surface area is 144 Å². The van der Waals surface area contributed by atoms with Crippen molar-refractivity contribution in [3.05, 3.63) is 72.0 Å². The van der Waals surface area contributed by atoms with Crippen LogP contribution in [0.15, 0.2) is 65.1 Å².